The van der Waals surface area contributed by atoms with Gasteiger partial charge < -0.3 is 10.6 Å². The molecule has 6 nitrogen and oxygen atoms in total. The van der Waals surface area contributed by atoms with Crippen LogP contribution in [0.3, 0.4) is 0 Å². The van der Waals surface area contributed by atoms with Crippen molar-refractivity contribution < 1.29 is 8.42 Å². The number of rotatable bonds is 7. The van der Waals surface area contributed by atoms with E-state index < -0.39 is 9.84 Å². The minimum atomic E-state index is -2.98. The second-order valence-electron chi connectivity index (χ2n) is 5.15. The second kappa shape index (κ2) is 6.88. The lowest BCUT2D eigenvalue weighted by molar-refractivity contribution is 0.602. The summed E-state index contributed by atoms with van der Waals surface area (Å²) in [6.07, 6.45) is 1.23. The SMILES string of the molecule is CCNc1nc(C(C)C)nc(NCCS(C)(=O)=O)c1C. The van der Waals surface area contributed by atoms with Crippen molar-refractivity contribution in [2.24, 2.45) is 0 Å². The van der Waals surface area contributed by atoms with Gasteiger partial charge in [-0.3, -0.25) is 0 Å². The van der Waals surface area contributed by atoms with Crippen LogP contribution in [0.2, 0.25) is 0 Å². The van der Waals surface area contributed by atoms with Crippen LogP contribution in [0, 0.1) is 6.92 Å². The predicted octanol–water partition coefficient (Wildman–Crippen LogP) is 1.80. The summed E-state index contributed by atoms with van der Waals surface area (Å²) in [5, 5.41) is 6.30. The molecule has 20 heavy (non-hydrogen) atoms. The van der Waals surface area contributed by atoms with Gasteiger partial charge in [-0.1, -0.05) is 13.8 Å². The summed E-state index contributed by atoms with van der Waals surface area (Å²) >= 11 is 0. The van der Waals surface area contributed by atoms with Gasteiger partial charge in [-0.2, -0.15) is 0 Å². The van der Waals surface area contributed by atoms with Gasteiger partial charge in [-0.25, -0.2) is 18.4 Å². The zero-order chi connectivity index (χ0) is 15.3. The topological polar surface area (TPSA) is 84.0 Å². The molecule has 0 aromatic carbocycles. The van der Waals surface area contributed by atoms with Crippen LogP contribution in [0.15, 0.2) is 0 Å². The average Bonchev–Trinajstić information content (AvgIpc) is 2.32. The Kier molecular flexibility index (Phi) is 5.74. The van der Waals surface area contributed by atoms with Gasteiger partial charge in [0, 0.05) is 30.8 Å². The number of nitrogens with one attached hydrogen (secondary N) is 2. The van der Waals surface area contributed by atoms with E-state index in [0.29, 0.717) is 12.4 Å². The molecule has 1 aromatic heterocycles. The maximum Gasteiger partial charge on any atom is 0.149 e. The summed E-state index contributed by atoms with van der Waals surface area (Å²) in [5.74, 6) is 2.54. The highest BCUT2D eigenvalue weighted by Crippen LogP contribution is 2.22. The number of hydrogen-bond acceptors (Lipinski definition) is 6. The van der Waals surface area contributed by atoms with Crippen molar-refractivity contribution in [1.29, 1.82) is 0 Å². The van der Waals surface area contributed by atoms with Crippen molar-refractivity contribution in [2.75, 3.05) is 35.7 Å². The molecule has 2 N–H and O–H groups in total. The van der Waals surface area contributed by atoms with Gasteiger partial charge in [0.25, 0.3) is 0 Å². The van der Waals surface area contributed by atoms with E-state index in [1.54, 1.807) is 0 Å². The van der Waals surface area contributed by atoms with Gasteiger partial charge in [0.15, 0.2) is 0 Å². The molecular formula is C13H24N4O2S. The second-order valence-corrected chi connectivity index (χ2v) is 7.41. The van der Waals surface area contributed by atoms with Crippen molar-refractivity contribution in [3.8, 4) is 0 Å². The smallest absolute Gasteiger partial charge is 0.149 e. The molecule has 0 radical (unpaired) electrons. The number of nitrogens with zero attached hydrogens (tertiary/aromatic N) is 2. The molecule has 0 aliphatic heterocycles. The fourth-order valence-electron chi connectivity index (χ4n) is 1.66. The quantitative estimate of drug-likeness (QED) is 0.799. The molecule has 0 aliphatic carbocycles. The molecule has 0 atom stereocenters. The van der Waals surface area contributed by atoms with E-state index in [4.69, 9.17) is 0 Å². The van der Waals surface area contributed by atoms with Crippen LogP contribution in [0.1, 0.15) is 38.1 Å². The van der Waals surface area contributed by atoms with Gasteiger partial charge in [-0.15, -0.1) is 0 Å². The first-order chi connectivity index (χ1) is 9.24. The van der Waals surface area contributed by atoms with E-state index >= 15 is 0 Å². The Labute approximate surface area is 121 Å². The fourth-order valence-corrected chi connectivity index (χ4v) is 2.13. The van der Waals surface area contributed by atoms with E-state index in [9.17, 15) is 8.42 Å². The molecule has 0 fully saturated rings. The molecule has 1 aromatic rings. The van der Waals surface area contributed by atoms with E-state index in [1.807, 2.05) is 27.7 Å². The van der Waals surface area contributed by atoms with E-state index in [2.05, 4.69) is 20.6 Å². The molecule has 0 saturated heterocycles. The molecule has 1 heterocycles. The Morgan fingerprint density at radius 1 is 1.15 bits per heavy atom. The van der Waals surface area contributed by atoms with Gasteiger partial charge in [-0.05, 0) is 13.8 Å². The maximum absolute atomic E-state index is 11.2. The summed E-state index contributed by atoms with van der Waals surface area (Å²) in [7, 11) is -2.98. The van der Waals surface area contributed by atoms with Gasteiger partial charge in [0.05, 0.1) is 5.75 Å². The first-order valence-electron chi connectivity index (χ1n) is 6.78. The molecule has 0 bridgehead atoms. The van der Waals surface area contributed by atoms with Crippen LogP contribution in [0.25, 0.3) is 0 Å². The zero-order valence-corrected chi connectivity index (χ0v) is 13.6. The molecule has 1 rings (SSSR count). The summed E-state index contributed by atoms with van der Waals surface area (Å²) in [4.78, 5) is 8.98. The molecule has 114 valence electrons. The third-order valence-corrected chi connectivity index (χ3v) is 3.73. The van der Waals surface area contributed by atoms with Crippen LogP contribution < -0.4 is 10.6 Å². The predicted molar refractivity (Wildman–Crippen MR) is 83.2 cm³/mol. The van der Waals surface area contributed by atoms with Crippen LogP contribution in [0.5, 0.6) is 0 Å². The standard InChI is InChI=1S/C13H24N4O2S/c1-6-14-12-10(4)13(15-7-8-20(5,18)19)17-11(16-12)9(2)3/h9H,6-8H2,1-5H3,(H2,14,15,16,17). The van der Waals surface area contributed by atoms with Crippen molar-refractivity contribution in [1.82, 2.24) is 9.97 Å². The minimum absolute atomic E-state index is 0.0873. The summed E-state index contributed by atoms with van der Waals surface area (Å²) in [6.45, 7) is 9.11. The summed E-state index contributed by atoms with van der Waals surface area (Å²) in [5.41, 5.74) is 0.907. The molecule has 0 spiro atoms. The van der Waals surface area contributed by atoms with Gasteiger partial charge in [0.2, 0.25) is 0 Å². The van der Waals surface area contributed by atoms with Crippen LogP contribution in [-0.2, 0) is 9.84 Å². The zero-order valence-electron chi connectivity index (χ0n) is 12.8. The molecule has 7 heteroatoms. The Morgan fingerprint density at radius 3 is 2.15 bits per heavy atom. The third-order valence-electron chi connectivity index (χ3n) is 2.79. The lowest BCUT2D eigenvalue weighted by atomic mass is 10.2. The minimum Gasteiger partial charge on any atom is -0.370 e. The van der Waals surface area contributed by atoms with Crippen LogP contribution in [-0.4, -0.2) is 43.5 Å². The first kappa shape index (κ1) is 16.7. The van der Waals surface area contributed by atoms with E-state index in [0.717, 1.165) is 23.8 Å². The highest BCUT2D eigenvalue weighted by atomic mass is 32.2. The lowest BCUT2D eigenvalue weighted by Crippen LogP contribution is -2.17. The summed E-state index contributed by atoms with van der Waals surface area (Å²) in [6, 6.07) is 0. The average molecular weight is 300 g/mol. The molecule has 0 amide bonds. The Hall–Kier alpha value is -1.37. The largest absolute Gasteiger partial charge is 0.370 e. The van der Waals surface area contributed by atoms with Crippen molar-refractivity contribution in [3.63, 3.8) is 0 Å². The van der Waals surface area contributed by atoms with Crippen LogP contribution >= 0.6 is 0 Å². The van der Waals surface area contributed by atoms with E-state index in [-0.39, 0.29) is 11.7 Å². The van der Waals surface area contributed by atoms with Crippen molar-refractivity contribution >= 4 is 21.5 Å². The number of hydrogen-bond donors (Lipinski definition) is 2. The Bertz CT molecular complexity index is 556. The third kappa shape index (κ3) is 4.96. The molecular weight excluding hydrogens is 276 g/mol. The lowest BCUT2D eigenvalue weighted by Gasteiger charge is -2.15. The molecule has 0 aliphatic rings. The van der Waals surface area contributed by atoms with Crippen molar-refractivity contribution in [2.45, 2.75) is 33.6 Å². The van der Waals surface area contributed by atoms with Gasteiger partial charge in [0.1, 0.15) is 27.3 Å². The number of aromatic nitrogens is 2. The number of sulfone groups is 1. The number of anilines is 2. The molecule has 0 unspecified atom stereocenters. The first-order valence-corrected chi connectivity index (χ1v) is 8.84. The molecule has 0 saturated carbocycles. The highest BCUT2D eigenvalue weighted by molar-refractivity contribution is 7.90. The summed E-state index contributed by atoms with van der Waals surface area (Å²) < 4.78 is 22.3. The fraction of sp³-hybridized carbons (Fsp3) is 0.692. The monoisotopic (exact) mass is 300 g/mol. The van der Waals surface area contributed by atoms with Crippen molar-refractivity contribution in [3.05, 3.63) is 11.4 Å². The van der Waals surface area contributed by atoms with E-state index in [1.165, 1.54) is 6.26 Å². The highest BCUT2D eigenvalue weighted by Gasteiger charge is 2.13. The van der Waals surface area contributed by atoms with Crippen LogP contribution in [0.4, 0.5) is 11.6 Å². The van der Waals surface area contributed by atoms with Gasteiger partial charge >= 0.3 is 0 Å². The normalized spacial score (nSPS) is 11.7. The Balaban J connectivity index is 2.98. The Morgan fingerprint density at radius 2 is 1.70 bits per heavy atom. The maximum atomic E-state index is 11.2.